The van der Waals surface area contributed by atoms with Gasteiger partial charge in [0, 0.05) is 6.04 Å². The van der Waals surface area contributed by atoms with Crippen LogP contribution in [-0.2, 0) is 19.8 Å². The van der Waals surface area contributed by atoms with E-state index in [4.69, 9.17) is 14.2 Å². The Morgan fingerprint density at radius 3 is 2.27 bits per heavy atom. The Balaban J connectivity index is 1.62. The zero-order valence-electron chi connectivity index (χ0n) is 15.4. The van der Waals surface area contributed by atoms with Crippen LogP contribution in [-0.4, -0.2) is 24.2 Å². The van der Waals surface area contributed by atoms with Crippen LogP contribution in [0.4, 0.5) is 0 Å². The molecule has 0 aliphatic carbocycles. The summed E-state index contributed by atoms with van der Waals surface area (Å²) in [6.07, 6.45) is -0.227. The second-order valence-corrected chi connectivity index (χ2v) is 8.07. The van der Waals surface area contributed by atoms with Crippen LogP contribution in [0.25, 0.3) is 0 Å². The van der Waals surface area contributed by atoms with Crippen LogP contribution < -0.4 is 5.32 Å². The molecule has 0 unspecified atom stereocenters. The number of nitrogens with one attached hydrogen (secondary N) is 1. The van der Waals surface area contributed by atoms with Crippen LogP contribution in [0.3, 0.4) is 0 Å². The molecule has 0 saturated carbocycles. The third-order valence-electron chi connectivity index (χ3n) is 6.26. The number of epoxide rings is 1. The van der Waals surface area contributed by atoms with Gasteiger partial charge in [-0.2, -0.15) is 0 Å². The summed E-state index contributed by atoms with van der Waals surface area (Å²) in [4.78, 5) is 0. The van der Waals surface area contributed by atoms with Crippen LogP contribution in [0, 0.1) is 5.92 Å². The van der Waals surface area contributed by atoms with Gasteiger partial charge in [-0.25, -0.2) is 0 Å². The summed E-state index contributed by atoms with van der Waals surface area (Å²) in [5, 5.41) is 3.62. The van der Waals surface area contributed by atoms with Crippen molar-refractivity contribution in [1.82, 2.24) is 5.32 Å². The zero-order chi connectivity index (χ0) is 18.0. The molecule has 2 aromatic carbocycles. The van der Waals surface area contributed by atoms with Crippen molar-refractivity contribution in [2.75, 3.05) is 6.61 Å². The highest BCUT2D eigenvalue weighted by molar-refractivity contribution is 5.44. The lowest BCUT2D eigenvalue weighted by Gasteiger charge is -2.31. The van der Waals surface area contributed by atoms with Crippen molar-refractivity contribution in [1.29, 1.82) is 0 Å². The molecule has 3 heterocycles. The molecule has 5 atom stereocenters. The summed E-state index contributed by atoms with van der Waals surface area (Å²) in [6, 6.07) is 21.0. The van der Waals surface area contributed by atoms with Crippen molar-refractivity contribution in [3.8, 4) is 0 Å². The van der Waals surface area contributed by atoms with Gasteiger partial charge in [-0.1, -0.05) is 74.5 Å². The van der Waals surface area contributed by atoms with Crippen LogP contribution in [0.5, 0.6) is 0 Å². The molecular weight excluding hydrogens is 326 g/mol. The molecule has 1 N–H and O–H groups in total. The van der Waals surface area contributed by atoms with Crippen LogP contribution >= 0.6 is 0 Å². The lowest BCUT2D eigenvalue weighted by Crippen LogP contribution is -2.55. The first kappa shape index (κ1) is 16.5. The summed E-state index contributed by atoms with van der Waals surface area (Å²) in [7, 11) is 0. The van der Waals surface area contributed by atoms with Crippen molar-refractivity contribution in [2.24, 2.45) is 5.92 Å². The van der Waals surface area contributed by atoms with Crippen LogP contribution in [0.15, 0.2) is 60.7 Å². The maximum Gasteiger partial charge on any atom is 0.262 e. The first-order valence-corrected chi connectivity index (χ1v) is 9.42. The molecule has 0 aromatic heterocycles. The van der Waals surface area contributed by atoms with Gasteiger partial charge in [0.1, 0.15) is 6.10 Å². The van der Waals surface area contributed by atoms with Crippen molar-refractivity contribution in [3.63, 3.8) is 0 Å². The summed E-state index contributed by atoms with van der Waals surface area (Å²) in [5.74, 6) is -0.458. The Labute approximate surface area is 154 Å². The lowest BCUT2D eigenvalue weighted by atomic mass is 9.81. The number of benzene rings is 2. The summed E-state index contributed by atoms with van der Waals surface area (Å²) in [6.45, 7) is 7.13. The fraction of sp³-hybridized carbons (Fsp3) is 0.455. The smallest absolute Gasteiger partial charge is 0.262 e. The monoisotopic (exact) mass is 351 g/mol. The molecule has 0 radical (unpaired) electrons. The third kappa shape index (κ3) is 1.93. The van der Waals surface area contributed by atoms with Gasteiger partial charge in [0.05, 0.1) is 6.61 Å². The third-order valence-corrected chi connectivity index (χ3v) is 6.26. The van der Waals surface area contributed by atoms with Gasteiger partial charge < -0.3 is 14.2 Å². The maximum absolute atomic E-state index is 6.64. The van der Waals surface area contributed by atoms with Gasteiger partial charge in [-0.3, -0.25) is 5.32 Å². The topological polar surface area (TPSA) is 43.0 Å². The van der Waals surface area contributed by atoms with E-state index in [-0.39, 0.29) is 12.1 Å². The zero-order valence-corrected chi connectivity index (χ0v) is 15.4. The van der Waals surface area contributed by atoms with Crippen molar-refractivity contribution >= 4 is 0 Å². The maximum atomic E-state index is 6.64. The second-order valence-electron chi connectivity index (χ2n) is 8.07. The first-order chi connectivity index (χ1) is 12.5. The van der Waals surface area contributed by atoms with Gasteiger partial charge in [-0.15, -0.1) is 0 Å². The fourth-order valence-electron chi connectivity index (χ4n) is 4.61. The molecule has 26 heavy (non-hydrogen) atoms. The van der Waals surface area contributed by atoms with Crippen molar-refractivity contribution < 1.29 is 14.2 Å². The number of hydrogen-bond acceptors (Lipinski definition) is 4. The quantitative estimate of drug-likeness (QED) is 0.856. The van der Waals surface area contributed by atoms with Gasteiger partial charge in [0.15, 0.2) is 11.2 Å². The highest BCUT2D eigenvalue weighted by atomic mass is 16.8. The van der Waals surface area contributed by atoms with Gasteiger partial charge in [0.25, 0.3) is 5.91 Å². The number of rotatable bonds is 3. The Morgan fingerprint density at radius 2 is 1.65 bits per heavy atom. The molecule has 0 bridgehead atoms. The summed E-state index contributed by atoms with van der Waals surface area (Å²) < 4.78 is 19.4. The van der Waals surface area contributed by atoms with E-state index in [0.29, 0.717) is 12.5 Å². The van der Waals surface area contributed by atoms with Gasteiger partial charge in [0.2, 0.25) is 0 Å². The Kier molecular flexibility index (Phi) is 3.41. The van der Waals surface area contributed by atoms with E-state index in [0.717, 1.165) is 11.1 Å². The molecule has 136 valence electrons. The van der Waals surface area contributed by atoms with E-state index in [1.54, 1.807) is 0 Å². The summed E-state index contributed by atoms with van der Waals surface area (Å²) in [5.41, 5.74) is 1.11. The Bertz CT molecular complexity index is 811. The Morgan fingerprint density at radius 1 is 1.00 bits per heavy atom. The van der Waals surface area contributed by atoms with E-state index in [1.807, 2.05) is 24.3 Å². The molecule has 2 aromatic rings. The van der Waals surface area contributed by atoms with E-state index >= 15 is 0 Å². The van der Waals surface area contributed by atoms with Crippen LogP contribution in [0.2, 0.25) is 0 Å². The molecule has 5 rings (SSSR count). The molecule has 4 heteroatoms. The number of fused-ring (bicyclic) bond motifs is 2. The van der Waals surface area contributed by atoms with E-state index in [1.165, 1.54) is 0 Å². The predicted molar refractivity (Wildman–Crippen MR) is 98.3 cm³/mol. The highest BCUT2D eigenvalue weighted by Crippen LogP contribution is 2.74. The molecule has 3 aliphatic rings. The standard InChI is InChI=1S/C22H25NO3/c1-15(2)18-14-24-22(23-18)20(3)21(26-20,17-12-8-5-9-13-17)19(25-22)16-10-6-4-7-11-16/h4-13,15,18-19,23H,14H2,1-3H3/t18-,19-,20+,21+,22+/m1/s1. The minimum absolute atomic E-state index is 0.227. The molecule has 0 amide bonds. The molecule has 1 spiro atoms. The normalized spacial score (nSPS) is 40.9. The first-order valence-electron chi connectivity index (χ1n) is 9.42. The van der Waals surface area contributed by atoms with E-state index in [2.05, 4.69) is 62.5 Å². The SMILES string of the molecule is CC(C)[C@H]1CO[C@]2(N1)O[C@H](c1ccccc1)[C@]1(c3ccccc3)O[C@]21C. The highest BCUT2D eigenvalue weighted by Gasteiger charge is 2.88. The largest absolute Gasteiger partial charge is 0.347 e. The van der Waals surface area contributed by atoms with Gasteiger partial charge >= 0.3 is 0 Å². The van der Waals surface area contributed by atoms with Crippen LogP contribution in [0.1, 0.15) is 38.0 Å². The average Bonchev–Trinajstić information content (AvgIpc) is 3.01. The summed E-state index contributed by atoms with van der Waals surface area (Å²) >= 11 is 0. The second kappa shape index (κ2) is 5.40. The molecule has 3 saturated heterocycles. The number of hydrogen-bond donors (Lipinski definition) is 1. The molecule has 3 aliphatic heterocycles. The predicted octanol–water partition coefficient (Wildman–Crippen LogP) is 3.74. The fourth-order valence-corrected chi connectivity index (χ4v) is 4.61. The van der Waals surface area contributed by atoms with E-state index in [9.17, 15) is 0 Å². The van der Waals surface area contributed by atoms with Crippen molar-refractivity contribution in [3.05, 3.63) is 71.8 Å². The van der Waals surface area contributed by atoms with E-state index < -0.39 is 17.1 Å². The van der Waals surface area contributed by atoms with Gasteiger partial charge in [-0.05, 0) is 24.0 Å². The molecule has 4 nitrogen and oxygen atoms in total. The molecule has 3 fully saturated rings. The Hall–Kier alpha value is -1.72. The lowest BCUT2D eigenvalue weighted by molar-refractivity contribution is -0.271. The minimum atomic E-state index is -0.918. The average molecular weight is 351 g/mol. The molecular formula is C22H25NO3. The number of ether oxygens (including phenoxy) is 3. The van der Waals surface area contributed by atoms with Crippen molar-refractivity contribution in [2.45, 2.75) is 50.0 Å². The minimum Gasteiger partial charge on any atom is -0.347 e.